The second-order valence-corrected chi connectivity index (χ2v) is 7.76. The quantitative estimate of drug-likeness (QED) is 0.488. The molecule has 1 atom stereocenters. The summed E-state index contributed by atoms with van der Waals surface area (Å²) in [6.07, 6.45) is 0. The molecule has 17 heavy (non-hydrogen) atoms. The van der Waals surface area contributed by atoms with Gasteiger partial charge in [0, 0.05) is 9.35 Å². The van der Waals surface area contributed by atoms with Crippen LogP contribution in [0.15, 0.2) is 32.5 Å². The van der Waals surface area contributed by atoms with Crippen molar-refractivity contribution in [2.75, 3.05) is 0 Å². The Hall–Kier alpha value is 0.460. The summed E-state index contributed by atoms with van der Waals surface area (Å²) in [6, 6.07) is 8.06. The molecule has 1 aromatic heterocycles. The molecule has 0 N–H and O–H groups in total. The molecule has 0 radical (unpaired) electrons. The number of hydrogen-bond donors (Lipinski definition) is 0. The Balaban J connectivity index is 2.42. The van der Waals surface area contributed by atoms with Crippen LogP contribution in [0.3, 0.4) is 0 Å². The molecule has 1 aromatic carbocycles. The molecule has 5 heteroatoms. The van der Waals surface area contributed by atoms with Crippen LogP contribution in [0, 0.1) is 6.92 Å². The minimum absolute atomic E-state index is 0.182. The average molecular weight is 415 g/mol. The van der Waals surface area contributed by atoms with Crippen molar-refractivity contribution in [3.8, 4) is 0 Å². The van der Waals surface area contributed by atoms with Crippen LogP contribution < -0.4 is 0 Å². The molecule has 0 bridgehead atoms. The molecular weight excluding hydrogens is 407 g/mol. The molecular formula is C12H8Br2Cl2S. The van der Waals surface area contributed by atoms with E-state index in [1.54, 1.807) is 11.3 Å². The van der Waals surface area contributed by atoms with Gasteiger partial charge in [-0.3, -0.25) is 0 Å². The maximum Gasteiger partial charge on any atom is 0.0939 e. The van der Waals surface area contributed by atoms with Crippen LogP contribution in [0.25, 0.3) is 0 Å². The van der Waals surface area contributed by atoms with Gasteiger partial charge >= 0.3 is 0 Å². The molecule has 0 amide bonds. The van der Waals surface area contributed by atoms with E-state index in [4.69, 9.17) is 23.2 Å². The predicted octanol–water partition coefficient (Wildman–Crippen LogP) is 6.56. The van der Waals surface area contributed by atoms with Crippen LogP contribution in [-0.4, -0.2) is 0 Å². The zero-order chi connectivity index (χ0) is 12.6. The number of halogens is 4. The van der Waals surface area contributed by atoms with Gasteiger partial charge in [0.15, 0.2) is 0 Å². The highest BCUT2D eigenvalue weighted by Crippen LogP contribution is 2.42. The van der Waals surface area contributed by atoms with Crippen LogP contribution in [0.1, 0.15) is 21.4 Å². The Labute approximate surface area is 131 Å². The normalized spacial score (nSPS) is 12.8. The van der Waals surface area contributed by atoms with Gasteiger partial charge in [0.2, 0.25) is 0 Å². The fourth-order valence-corrected chi connectivity index (χ4v) is 4.23. The lowest BCUT2D eigenvalue weighted by Crippen LogP contribution is -1.92. The summed E-state index contributed by atoms with van der Waals surface area (Å²) in [7, 11) is 0. The summed E-state index contributed by atoms with van der Waals surface area (Å²) in [6.45, 7) is 2.05. The monoisotopic (exact) mass is 412 g/mol. The summed E-state index contributed by atoms with van der Waals surface area (Å²) in [5, 5.41) is 0.525. The zero-order valence-corrected chi connectivity index (χ0v) is 14.3. The van der Waals surface area contributed by atoms with Crippen molar-refractivity contribution in [3.05, 3.63) is 53.6 Å². The standard InChI is InChI=1S/C12H8Br2Cl2S/c1-6-2-3-8(13)7(4-6)11(16)10-5-9(15)12(14)17-10/h2-5,11H,1H3. The molecule has 0 spiro atoms. The first kappa shape index (κ1) is 13.9. The van der Waals surface area contributed by atoms with Crippen molar-refractivity contribution in [3.63, 3.8) is 0 Å². The molecule has 2 rings (SSSR count). The van der Waals surface area contributed by atoms with Crippen molar-refractivity contribution < 1.29 is 0 Å². The Morgan fingerprint density at radius 3 is 2.53 bits per heavy atom. The SMILES string of the molecule is Cc1ccc(Br)c(C(Cl)c2cc(Cl)c(Br)s2)c1. The lowest BCUT2D eigenvalue weighted by molar-refractivity contribution is 1.16. The average Bonchev–Trinajstić information content (AvgIpc) is 2.62. The van der Waals surface area contributed by atoms with Gasteiger partial charge in [-0.1, -0.05) is 45.2 Å². The lowest BCUT2D eigenvalue weighted by atomic mass is 10.1. The van der Waals surface area contributed by atoms with Crippen molar-refractivity contribution in [2.24, 2.45) is 0 Å². The maximum absolute atomic E-state index is 6.50. The van der Waals surface area contributed by atoms with Crippen molar-refractivity contribution in [1.82, 2.24) is 0 Å². The van der Waals surface area contributed by atoms with E-state index in [1.165, 1.54) is 5.56 Å². The van der Waals surface area contributed by atoms with E-state index in [-0.39, 0.29) is 5.38 Å². The first-order valence-corrected chi connectivity index (χ1v) is 8.05. The molecule has 0 aliphatic carbocycles. The first-order valence-electron chi connectivity index (χ1n) is 4.84. The molecule has 0 aliphatic heterocycles. The van der Waals surface area contributed by atoms with Gasteiger partial charge < -0.3 is 0 Å². The van der Waals surface area contributed by atoms with Gasteiger partial charge in [-0.2, -0.15) is 0 Å². The highest BCUT2D eigenvalue weighted by atomic mass is 79.9. The highest BCUT2D eigenvalue weighted by Gasteiger charge is 2.17. The molecule has 1 unspecified atom stereocenters. The third-order valence-corrected chi connectivity index (χ3v) is 6.20. The summed E-state index contributed by atoms with van der Waals surface area (Å²) in [5.41, 5.74) is 2.26. The van der Waals surface area contributed by atoms with Crippen LogP contribution in [-0.2, 0) is 0 Å². The summed E-state index contributed by atoms with van der Waals surface area (Å²) < 4.78 is 1.94. The fourth-order valence-electron chi connectivity index (χ4n) is 1.50. The Kier molecular flexibility index (Phi) is 4.59. The number of hydrogen-bond acceptors (Lipinski definition) is 1. The third kappa shape index (κ3) is 3.07. The van der Waals surface area contributed by atoms with Crippen LogP contribution in [0.5, 0.6) is 0 Å². The Bertz CT molecular complexity index is 532. The number of thiophene rings is 1. The van der Waals surface area contributed by atoms with Crippen LogP contribution in [0.4, 0.5) is 0 Å². The molecule has 0 fully saturated rings. The van der Waals surface area contributed by atoms with Crippen molar-refractivity contribution in [2.45, 2.75) is 12.3 Å². The van der Waals surface area contributed by atoms with Gasteiger partial charge in [-0.15, -0.1) is 22.9 Å². The smallest absolute Gasteiger partial charge is 0.0939 e. The van der Waals surface area contributed by atoms with E-state index in [9.17, 15) is 0 Å². The maximum atomic E-state index is 6.50. The van der Waals surface area contributed by atoms with Gasteiger partial charge in [0.1, 0.15) is 0 Å². The Morgan fingerprint density at radius 2 is 1.94 bits per heavy atom. The molecule has 0 saturated carbocycles. The second kappa shape index (κ2) is 5.62. The van der Waals surface area contributed by atoms with Crippen LogP contribution in [0.2, 0.25) is 5.02 Å². The van der Waals surface area contributed by atoms with E-state index < -0.39 is 0 Å². The lowest BCUT2D eigenvalue weighted by Gasteiger charge is -2.10. The highest BCUT2D eigenvalue weighted by molar-refractivity contribution is 9.11. The molecule has 90 valence electrons. The molecule has 1 heterocycles. The predicted molar refractivity (Wildman–Crippen MR) is 83.6 cm³/mol. The number of aryl methyl sites for hydroxylation is 1. The van der Waals surface area contributed by atoms with Gasteiger partial charge in [-0.05, 0) is 40.5 Å². The molecule has 0 aliphatic rings. The second-order valence-electron chi connectivity index (χ2n) is 3.66. The summed E-state index contributed by atoms with van der Waals surface area (Å²) in [5.74, 6) is 0. The zero-order valence-electron chi connectivity index (χ0n) is 8.81. The van der Waals surface area contributed by atoms with Crippen molar-refractivity contribution >= 4 is 66.4 Å². The van der Waals surface area contributed by atoms with E-state index in [1.807, 2.05) is 12.1 Å². The Morgan fingerprint density at radius 1 is 1.24 bits per heavy atom. The fraction of sp³-hybridized carbons (Fsp3) is 0.167. The summed E-state index contributed by atoms with van der Waals surface area (Å²) in [4.78, 5) is 1.04. The minimum Gasteiger partial charge on any atom is -0.130 e. The van der Waals surface area contributed by atoms with Gasteiger partial charge in [0.05, 0.1) is 14.2 Å². The summed E-state index contributed by atoms with van der Waals surface area (Å²) >= 11 is 21.0. The van der Waals surface area contributed by atoms with E-state index in [0.717, 1.165) is 18.7 Å². The van der Waals surface area contributed by atoms with Gasteiger partial charge in [-0.25, -0.2) is 0 Å². The third-order valence-electron chi connectivity index (χ3n) is 2.34. The van der Waals surface area contributed by atoms with Crippen molar-refractivity contribution in [1.29, 1.82) is 0 Å². The largest absolute Gasteiger partial charge is 0.130 e. The van der Waals surface area contributed by atoms with Crippen LogP contribution >= 0.6 is 66.4 Å². The van der Waals surface area contributed by atoms with E-state index >= 15 is 0 Å². The van der Waals surface area contributed by atoms with E-state index in [0.29, 0.717) is 5.02 Å². The molecule has 0 nitrogen and oxygen atoms in total. The topological polar surface area (TPSA) is 0 Å². The molecule has 2 aromatic rings. The number of rotatable bonds is 2. The first-order chi connectivity index (χ1) is 7.99. The van der Waals surface area contributed by atoms with Gasteiger partial charge in [0.25, 0.3) is 0 Å². The minimum atomic E-state index is -0.182. The molecule has 0 saturated heterocycles. The number of alkyl halides is 1. The number of benzene rings is 1. The van der Waals surface area contributed by atoms with E-state index in [2.05, 4.69) is 50.9 Å².